The maximum absolute atomic E-state index is 13.6. The number of hydrogen-bond acceptors (Lipinski definition) is 4. The van der Waals surface area contributed by atoms with Crippen molar-refractivity contribution in [2.75, 3.05) is 17.1 Å². The molecule has 0 bridgehead atoms. The fourth-order valence-electron chi connectivity index (χ4n) is 4.28. The first-order chi connectivity index (χ1) is 16.2. The van der Waals surface area contributed by atoms with E-state index in [-0.39, 0.29) is 18.5 Å². The summed E-state index contributed by atoms with van der Waals surface area (Å²) in [6, 6.07) is 13.4. The van der Waals surface area contributed by atoms with Crippen molar-refractivity contribution in [3.63, 3.8) is 0 Å². The van der Waals surface area contributed by atoms with Crippen LogP contribution in [0.3, 0.4) is 0 Å². The molecule has 2 aromatic rings. The molecule has 1 aliphatic rings. The molecule has 3 rings (SSSR count). The number of hydrogen-bond donors (Lipinski definition) is 1. The Bertz CT molecular complexity index is 1070. The standard InChI is InChI=1S/C25H32FN3O4S/c1-3-23(25(31)27-21-9-7-8-10-21)28(17-19-13-15-20(26)16-14-19)24(30)18-29(34(2,32)33)22-11-5-4-6-12-22/h4-6,11-16,21,23H,3,7-10,17-18H2,1-2H3,(H,27,31). The third-order valence-electron chi connectivity index (χ3n) is 6.08. The molecule has 1 N–H and O–H groups in total. The second-order valence-corrected chi connectivity index (χ2v) is 10.6. The molecule has 0 aliphatic heterocycles. The molecule has 1 fully saturated rings. The number of rotatable bonds is 10. The van der Waals surface area contributed by atoms with Gasteiger partial charge in [0.1, 0.15) is 18.4 Å². The van der Waals surface area contributed by atoms with Crippen LogP contribution in [0.4, 0.5) is 10.1 Å². The first-order valence-corrected chi connectivity index (χ1v) is 13.4. The van der Waals surface area contributed by atoms with Crippen LogP contribution >= 0.6 is 0 Å². The number of nitrogens with one attached hydrogen (secondary N) is 1. The van der Waals surface area contributed by atoms with Gasteiger partial charge in [0, 0.05) is 12.6 Å². The molecule has 1 aliphatic carbocycles. The summed E-state index contributed by atoms with van der Waals surface area (Å²) < 4.78 is 39.5. The van der Waals surface area contributed by atoms with Crippen molar-refractivity contribution < 1.29 is 22.4 Å². The van der Waals surface area contributed by atoms with Crippen molar-refractivity contribution in [2.45, 2.75) is 57.7 Å². The van der Waals surface area contributed by atoms with E-state index in [0.29, 0.717) is 17.7 Å². The number of benzene rings is 2. The van der Waals surface area contributed by atoms with E-state index >= 15 is 0 Å². The van der Waals surface area contributed by atoms with Crippen molar-refractivity contribution in [1.82, 2.24) is 10.2 Å². The van der Waals surface area contributed by atoms with Gasteiger partial charge in [-0.2, -0.15) is 0 Å². The summed E-state index contributed by atoms with van der Waals surface area (Å²) in [5.74, 6) is -1.16. The number of para-hydroxylation sites is 1. The van der Waals surface area contributed by atoms with E-state index < -0.39 is 34.3 Å². The summed E-state index contributed by atoms with van der Waals surface area (Å²) >= 11 is 0. The van der Waals surface area contributed by atoms with Gasteiger partial charge in [0.25, 0.3) is 0 Å². The second kappa shape index (κ2) is 11.5. The molecule has 0 aromatic heterocycles. The predicted molar refractivity (Wildman–Crippen MR) is 130 cm³/mol. The van der Waals surface area contributed by atoms with E-state index in [2.05, 4.69) is 5.32 Å². The fraction of sp³-hybridized carbons (Fsp3) is 0.440. The van der Waals surface area contributed by atoms with E-state index in [1.54, 1.807) is 42.5 Å². The Morgan fingerprint density at radius 1 is 1.06 bits per heavy atom. The molecule has 0 heterocycles. The topological polar surface area (TPSA) is 86.8 Å². The fourth-order valence-corrected chi connectivity index (χ4v) is 5.13. The molecule has 2 aromatic carbocycles. The largest absolute Gasteiger partial charge is 0.352 e. The molecular formula is C25H32FN3O4S. The van der Waals surface area contributed by atoms with E-state index in [4.69, 9.17) is 0 Å². The van der Waals surface area contributed by atoms with Crippen LogP contribution in [0.2, 0.25) is 0 Å². The smallest absolute Gasteiger partial charge is 0.244 e. The molecule has 34 heavy (non-hydrogen) atoms. The van der Waals surface area contributed by atoms with Gasteiger partial charge in [-0.05, 0) is 49.1 Å². The SMILES string of the molecule is CCC(C(=O)NC1CCCC1)N(Cc1ccc(F)cc1)C(=O)CN(c1ccccc1)S(C)(=O)=O. The molecule has 184 valence electrons. The van der Waals surface area contributed by atoms with Crippen LogP contribution in [0.15, 0.2) is 54.6 Å². The molecule has 0 spiro atoms. The molecule has 1 unspecified atom stereocenters. The summed E-state index contributed by atoms with van der Waals surface area (Å²) in [6.45, 7) is 1.43. The molecule has 9 heteroatoms. The average molecular weight is 490 g/mol. The first-order valence-electron chi connectivity index (χ1n) is 11.6. The van der Waals surface area contributed by atoms with Gasteiger partial charge >= 0.3 is 0 Å². The van der Waals surface area contributed by atoms with E-state index in [9.17, 15) is 22.4 Å². The highest BCUT2D eigenvalue weighted by Gasteiger charge is 2.32. The molecule has 0 saturated heterocycles. The zero-order valence-corrected chi connectivity index (χ0v) is 20.4. The third-order valence-corrected chi connectivity index (χ3v) is 7.22. The number of anilines is 1. The lowest BCUT2D eigenvalue weighted by atomic mass is 10.1. The van der Waals surface area contributed by atoms with Crippen LogP contribution in [0.25, 0.3) is 0 Å². The van der Waals surface area contributed by atoms with E-state index in [1.807, 2.05) is 6.92 Å². The van der Waals surface area contributed by atoms with Crippen LogP contribution in [0.5, 0.6) is 0 Å². The lowest BCUT2D eigenvalue weighted by Gasteiger charge is -2.33. The average Bonchev–Trinajstić information content (AvgIpc) is 3.31. The molecule has 7 nitrogen and oxygen atoms in total. The lowest BCUT2D eigenvalue weighted by Crippen LogP contribution is -2.53. The monoisotopic (exact) mass is 489 g/mol. The minimum absolute atomic E-state index is 0.0576. The van der Waals surface area contributed by atoms with Crippen LogP contribution in [0.1, 0.15) is 44.6 Å². The number of nitrogens with zero attached hydrogens (tertiary/aromatic N) is 2. The van der Waals surface area contributed by atoms with Crippen molar-refractivity contribution in [3.8, 4) is 0 Å². The number of carbonyl (C=O) groups excluding carboxylic acids is 2. The van der Waals surface area contributed by atoms with Gasteiger partial charge in [0.15, 0.2) is 0 Å². The van der Waals surface area contributed by atoms with Crippen LogP contribution in [-0.2, 0) is 26.2 Å². The van der Waals surface area contributed by atoms with Gasteiger partial charge in [-0.3, -0.25) is 13.9 Å². The summed E-state index contributed by atoms with van der Waals surface area (Å²) in [7, 11) is -3.76. The Morgan fingerprint density at radius 2 is 1.68 bits per heavy atom. The van der Waals surface area contributed by atoms with Gasteiger partial charge in [-0.25, -0.2) is 12.8 Å². The first kappa shape index (κ1) is 25.7. The maximum atomic E-state index is 13.6. The van der Waals surface area contributed by atoms with Crippen molar-refractivity contribution in [2.24, 2.45) is 0 Å². The number of carbonyl (C=O) groups is 2. The van der Waals surface area contributed by atoms with Gasteiger partial charge in [0.05, 0.1) is 11.9 Å². The number of sulfonamides is 1. The van der Waals surface area contributed by atoms with Crippen LogP contribution < -0.4 is 9.62 Å². The quantitative estimate of drug-likeness (QED) is 0.554. The zero-order chi connectivity index (χ0) is 24.7. The van der Waals surface area contributed by atoms with Crippen LogP contribution in [-0.4, -0.2) is 50.0 Å². The molecule has 1 saturated carbocycles. The van der Waals surface area contributed by atoms with Crippen molar-refractivity contribution >= 4 is 27.5 Å². The normalized spacial score (nSPS) is 15.0. The highest BCUT2D eigenvalue weighted by molar-refractivity contribution is 7.92. The minimum atomic E-state index is -3.76. The minimum Gasteiger partial charge on any atom is -0.352 e. The van der Waals surface area contributed by atoms with Gasteiger partial charge in [-0.1, -0.05) is 50.1 Å². The number of amides is 2. The van der Waals surface area contributed by atoms with Crippen LogP contribution in [0, 0.1) is 5.82 Å². The summed E-state index contributed by atoms with van der Waals surface area (Å²) in [4.78, 5) is 28.1. The van der Waals surface area contributed by atoms with Gasteiger partial charge in [-0.15, -0.1) is 0 Å². The summed E-state index contributed by atoms with van der Waals surface area (Å²) in [5, 5.41) is 3.05. The number of halogens is 1. The second-order valence-electron chi connectivity index (χ2n) is 8.67. The molecular weight excluding hydrogens is 457 g/mol. The van der Waals surface area contributed by atoms with E-state index in [1.165, 1.54) is 17.0 Å². The highest BCUT2D eigenvalue weighted by Crippen LogP contribution is 2.21. The zero-order valence-electron chi connectivity index (χ0n) is 19.6. The molecule has 2 amide bonds. The Morgan fingerprint density at radius 3 is 2.24 bits per heavy atom. The molecule has 1 atom stereocenters. The Labute approximate surface area is 201 Å². The summed E-state index contributed by atoms with van der Waals surface area (Å²) in [5.41, 5.74) is 1.01. The Hall–Kier alpha value is -2.94. The highest BCUT2D eigenvalue weighted by atomic mass is 32.2. The Balaban J connectivity index is 1.89. The maximum Gasteiger partial charge on any atom is 0.244 e. The predicted octanol–water partition coefficient (Wildman–Crippen LogP) is 3.46. The van der Waals surface area contributed by atoms with Crippen molar-refractivity contribution in [1.29, 1.82) is 0 Å². The van der Waals surface area contributed by atoms with E-state index in [0.717, 1.165) is 36.2 Å². The Kier molecular flexibility index (Phi) is 8.66. The van der Waals surface area contributed by atoms with Crippen molar-refractivity contribution in [3.05, 3.63) is 66.0 Å². The van der Waals surface area contributed by atoms with Gasteiger partial charge < -0.3 is 10.2 Å². The lowest BCUT2D eigenvalue weighted by molar-refractivity contribution is -0.140. The summed E-state index contributed by atoms with van der Waals surface area (Å²) in [6.07, 6.45) is 5.33. The third kappa shape index (κ3) is 6.79. The van der Waals surface area contributed by atoms with Gasteiger partial charge in [0.2, 0.25) is 21.8 Å². The molecule has 0 radical (unpaired) electrons.